The molecule has 0 saturated heterocycles. The molecule has 0 unspecified atom stereocenters. The molecule has 0 aromatic heterocycles. The van der Waals surface area contributed by atoms with Gasteiger partial charge >= 0.3 is 0 Å². The number of hydrogen-bond donors (Lipinski definition) is 0. The van der Waals surface area contributed by atoms with E-state index in [-0.39, 0.29) is 0 Å². The van der Waals surface area contributed by atoms with Crippen molar-refractivity contribution in [3.63, 3.8) is 0 Å². The second kappa shape index (κ2) is 8.68. The van der Waals surface area contributed by atoms with E-state index in [9.17, 15) is 4.79 Å². The van der Waals surface area contributed by atoms with Gasteiger partial charge in [-0.25, -0.2) is 0 Å². The fourth-order valence-corrected chi connectivity index (χ4v) is 0.854. The van der Waals surface area contributed by atoms with Gasteiger partial charge in [-0.15, -0.1) is 0 Å². The maximum Gasteiger partial charge on any atom is 0.120 e. The molecule has 0 radical (unpaired) electrons. The minimum atomic E-state index is 0.619. The summed E-state index contributed by atoms with van der Waals surface area (Å²) >= 11 is 0. The zero-order valence-corrected chi connectivity index (χ0v) is 8.08. The summed E-state index contributed by atoms with van der Waals surface area (Å²) in [5.41, 5.74) is 0. The van der Waals surface area contributed by atoms with Gasteiger partial charge in [-0.05, 0) is 33.5 Å². The molecule has 72 valence electrons. The highest BCUT2D eigenvalue weighted by Crippen LogP contribution is 1.89. The Balaban J connectivity index is 2.86. The number of aldehydes is 1. The lowest BCUT2D eigenvalue weighted by molar-refractivity contribution is -0.108. The predicted octanol–water partition coefficient (Wildman–Crippen LogP) is 0.934. The Labute approximate surface area is 74.7 Å². The standard InChI is InChI=1S/C9H19NO2/c1-10(2)6-5-9-12-8-4-3-7-11/h7H,3-6,8-9H2,1-2H3. The normalized spacial score (nSPS) is 10.6. The van der Waals surface area contributed by atoms with Crippen molar-refractivity contribution in [2.75, 3.05) is 33.9 Å². The van der Waals surface area contributed by atoms with Crippen LogP contribution in [0.1, 0.15) is 19.3 Å². The molecule has 0 aromatic rings. The molecule has 3 nitrogen and oxygen atoms in total. The van der Waals surface area contributed by atoms with Crippen LogP contribution in [0, 0.1) is 0 Å². The Morgan fingerprint density at radius 2 is 1.92 bits per heavy atom. The molecule has 0 atom stereocenters. The van der Waals surface area contributed by atoms with Gasteiger partial charge in [-0.3, -0.25) is 0 Å². The van der Waals surface area contributed by atoms with E-state index in [1.54, 1.807) is 0 Å². The van der Waals surface area contributed by atoms with Crippen molar-refractivity contribution in [3.8, 4) is 0 Å². The SMILES string of the molecule is CN(C)CCCOCCCC=O. The van der Waals surface area contributed by atoms with E-state index in [1.165, 1.54) is 0 Å². The largest absolute Gasteiger partial charge is 0.381 e. The maximum atomic E-state index is 9.92. The van der Waals surface area contributed by atoms with Crippen LogP contribution in [-0.4, -0.2) is 45.0 Å². The molecular formula is C9H19NO2. The Kier molecular flexibility index (Phi) is 8.39. The number of carbonyl (C=O) groups is 1. The summed E-state index contributed by atoms with van der Waals surface area (Å²) < 4.78 is 5.30. The van der Waals surface area contributed by atoms with Gasteiger partial charge in [-0.1, -0.05) is 0 Å². The van der Waals surface area contributed by atoms with Crippen molar-refractivity contribution in [2.24, 2.45) is 0 Å². The van der Waals surface area contributed by atoms with E-state index in [4.69, 9.17) is 4.74 Å². The molecule has 0 heterocycles. The van der Waals surface area contributed by atoms with Crippen molar-refractivity contribution in [1.29, 1.82) is 0 Å². The Hall–Kier alpha value is -0.410. The zero-order valence-electron chi connectivity index (χ0n) is 8.08. The molecule has 0 bridgehead atoms. The molecule has 0 rings (SSSR count). The molecule has 0 aliphatic rings. The van der Waals surface area contributed by atoms with Crippen LogP contribution in [0.15, 0.2) is 0 Å². The predicted molar refractivity (Wildman–Crippen MR) is 49.3 cm³/mol. The van der Waals surface area contributed by atoms with E-state index in [0.29, 0.717) is 13.0 Å². The first-order valence-electron chi connectivity index (χ1n) is 4.43. The molecule has 0 aliphatic carbocycles. The number of hydrogen-bond acceptors (Lipinski definition) is 3. The van der Waals surface area contributed by atoms with Crippen LogP contribution >= 0.6 is 0 Å². The molecular weight excluding hydrogens is 154 g/mol. The summed E-state index contributed by atoms with van der Waals surface area (Å²) in [6, 6.07) is 0. The molecule has 0 fully saturated rings. The van der Waals surface area contributed by atoms with Crippen molar-refractivity contribution >= 4 is 6.29 Å². The van der Waals surface area contributed by atoms with Crippen molar-refractivity contribution < 1.29 is 9.53 Å². The smallest absolute Gasteiger partial charge is 0.120 e. The number of carbonyl (C=O) groups excluding carboxylic acids is 1. The van der Waals surface area contributed by atoms with Crippen LogP contribution in [0.4, 0.5) is 0 Å². The highest BCUT2D eigenvalue weighted by molar-refractivity contribution is 5.48. The third-order valence-corrected chi connectivity index (χ3v) is 1.50. The van der Waals surface area contributed by atoms with Crippen molar-refractivity contribution in [2.45, 2.75) is 19.3 Å². The Morgan fingerprint density at radius 1 is 1.25 bits per heavy atom. The number of rotatable bonds is 8. The zero-order chi connectivity index (χ0) is 9.23. The number of ether oxygens (including phenoxy) is 1. The van der Waals surface area contributed by atoms with E-state index in [1.807, 2.05) is 14.1 Å². The second-order valence-corrected chi connectivity index (χ2v) is 3.08. The first kappa shape index (κ1) is 11.6. The Bertz CT molecular complexity index is 105. The van der Waals surface area contributed by atoms with Crippen LogP contribution in [0.25, 0.3) is 0 Å². The fourth-order valence-electron chi connectivity index (χ4n) is 0.854. The molecule has 12 heavy (non-hydrogen) atoms. The van der Waals surface area contributed by atoms with E-state index in [0.717, 1.165) is 32.3 Å². The summed E-state index contributed by atoms with van der Waals surface area (Å²) in [7, 11) is 4.10. The van der Waals surface area contributed by atoms with Crippen LogP contribution in [0.2, 0.25) is 0 Å². The maximum absolute atomic E-state index is 9.92. The lowest BCUT2D eigenvalue weighted by Gasteiger charge is -2.08. The van der Waals surface area contributed by atoms with Crippen LogP contribution in [-0.2, 0) is 9.53 Å². The quantitative estimate of drug-likeness (QED) is 0.404. The van der Waals surface area contributed by atoms with Gasteiger partial charge in [0.1, 0.15) is 6.29 Å². The van der Waals surface area contributed by atoms with Crippen molar-refractivity contribution in [3.05, 3.63) is 0 Å². The first-order chi connectivity index (χ1) is 5.77. The summed E-state index contributed by atoms with van der Waals surface area (Å²) in [6.45, 7) is 2.58. The van der Waals surface area contributed by atoms with Gasteiger partial charge in [-0.2, -0.15) is 0 Å². The molecule has 0 aromatic carbocycles. The lowest BCUT2D eigenvalue weighted by atomic mass is 10.3. The summed E-state index contributed by atoms with van der Waals surface area (Å²) in [4.78, 5) is 12.1. The third kappa shape index (κ3) is 9.59. The van der Waals surface area contributed by atoms with Crippen LogP contribution in [0.5, 0.6) is 0 Å². The van der Waals surface area contributed by atoms with Gasteiger partial charge in [0.05, 0.1) is 0 Å². The first-order valence-corrected chi connectivity index (χ1v) is 4.43. The second-order valence-electron chi connectivity index (χ2n) is 3.08. The van der Waals surface area contributed by atoms with Gasteiger partial charge in [0.25, 0.3) is 0 Å². The van der Waals surface area contributed by atoms with Crippen LogP contribution < -0.4 is 0 Å². The van der Waals surface area contributed by atoms with E-state index in [2.05, 4.69) is 4.90 Å². The highest BCUT2D eigenvalue weighted by atomic mass is 16.5. The van der Waals surface area contributed by atoms with Gasteiger partial charge in [0.2, 0.25) is 0 Å². The van der Waals surface area contributed by atoms with E-state index < -0.39 is 0 Å². The monoisotopic (exact) mass is 173 g/mol. The molecule has 0 spiro atoms. The van der Waals surface area contributed by atoms with Gasteiger partial charge < -0.3 is 14.4 Å². The molecule has 3 heteroatoms. The summed E-state index contributed by atoms with van der Waals surface area (Å²) in [5, 5.41) is 0. The number of nitrogens with zero attached hydrogens (tertiary/aromatic N) is 1. The van der Waals surface area contributed by atoms with Crippen LogP contribution in [0.3, 0.4) is 0 Å². The van der Waals surface area contributed by atoms with Gasteiger partial charge in [0.15, 0.2) is 0 Å². The molecule has 0 N–H and O–H groups in total. The van der Waals surface area contributed by atoms with E-state index >= 15 is 0 Å². The lowest BCUT2D eigenvalue weighted by Crippen LogP contribution is -2.14. The summed E-state index contributed by atoms with van der Waals surface area (Å²) in [6.07, 6.45) is 3.47. The number of unbranched alkanes of at least 4 members (excludes halogenated alkanes) is 1. The molecule has 0 amide bonds. The van der Waals surface area contributed by atoms with Crippen molar-refractivity contribution in [1.82, 2.24) is 4.90 Å². The molecule has 0 saturated carbocycles. The minimum absolute atomic E-state index is 0.619. The average molecular weight is 173 g/mol. The highest BCUT2D eigenvalue weighted by Gasteiger charge is 1.91. The minimum Gasteiger partial charge on any atom is -0.381 e. The topological polar surface area (TPSA) is 29.5 Å². The van der Waals surface area contributed by atoms with Gasteiger partial charge in [0, 0.05) is 19.6 Å². The average Bonchev–Trinajstić information content (AvgIpc) is 2.02. The summed E-state index contributed by atoms with van der Waals surface area (Å²) in [5.74, 6) is 0. The third-order valence-electron chi connectivity index (χ3n) is 1.50. The Morgan fingerprint density at radius 3 is 2.50 bits per heavy atom. The fraction of sp³-hybridized carbons (Fsp3) is 0.889. The molecule has 0 aliphatic heterocycles.